The second kappa shape index (κ2) is 7.81. The molecule has 1 aliphatic heterocycles. The Morgan fingerprint density at radius 1 is 1.41 bits per heavy atom. The van der Waals surface area contributed by atoms with Crippen molar-refractivity contribution in [3.63, 3.8) is 0 Å². The summed E-state index contributed by atoms with van der Waals surface area (Å²) in [6, 6.07) is 5.87. The van der Waals surface area contributed by atoms with Crippen LogP contribution in [0.2, 0.25) is 0 Å². The first-order chi connectivity index (χ1) is 9.67. The third-order valence-electron chi connectivity index (χ3n) is 3.84. The normalized spacial score (nSPS) is 17.7. The summed E-state index contributed by atoms with van der Waals surface area (Å²) < 4.78 is 5.63. The molecule has 1 fully saturated rings. The van der Waals surface area contributed by atoms with Gasteiger partial charge in [0.15, 0.2) is 11.3 Å². The standard InChI is InChI=1S/C15H19N3O2.2ClH/c1-10-5-6-13-12(17-10)8-14(20-13)15(19)18-7-3-4-11(9-18)16-2;;/h5-6,8,11,16H,3-4,7,9H2,1-2H3;2*1H. The van der Waals surface area contributed by atoms with E-state index >= 15 is 0 Å². The van der Waals surface area contributed by atoms with Crippen LogP contribution in [-0.2, 0) is 0 Å². The number of carbonyl (C=O) groups is 1. The van der Waals surface area contributed by atoms with Crippen LogP contribution < -0.4 is 5.32 Å². The molecular formula is C15H21Cl2N3O2. The Bertz CT molecular complexity index is 645. The van der Waals surface area contributed by atoms with Crippen LogP contribution in [0.3, 0.4) is 0 Å². The van der Waals surface area contributed by atoms with Gasteiger partial charge in [0.25, 0.3) is 5.91 Å². The van der Waals surface area contributed by atoms with Crippen molar-refractivity contribution < 1.29 is 9.21 Å². The molecule has 1 saturated heterocycles. The van der Waals surface area contributed by atoms with Crippen LogP contribution in [0.15, 0.2) is 22.6 Å². The fraction of sp³-hybridized carbons (Fsp3) is 0.467. The summed E-state index contributed by atoms with van der Waals surface area (Å²) in [6.45, 7) is 3.45. The highest BCUT2D eigenvalue weighted by molar-refractivity contribution is 5.95. The number of aryl methyl sites for hydroxylation is 1. The maximum Gasteiger partial charge on any atom is 0.289 e. The summed E-state index contributed by atoms with van der Waals surface area (Å²) in [5.41, 5.74) is 2.34. The highest BCUT2D eigenvalue weighted by Gasteiger charge is 2.25. The summed E-state index contributed by atoms with van der Waals surface area (Å²) in [4.78, 5) is 18.7. The molecule has 0 radical (unpaired) electrons. The molecule has 0 saturated carbocycles. The molecule has 1 amide bonds. The Kier molecular flexibility index (Phi) is 6.66. The van der Waals surface area contributed by atoms with Crippen LogP contribution in [0.1, 0.15) is 29.1 Å². The van der Waals surface area contributed by atoms with Crippen LogP contribution in [0.5, 0.6) is 0 Å². The van der Waals surface area contributed by atoms with E-state index in [2.05, 4.69) is 10.3 Å². The lowest BCUT2D eigenvalue weighted by Gasteiger charge is -2.31. The second-order valence-electron chi connectivity index (χ2n) is 5.33. The van der Waals surface area contributed by atoms with E-state index in [4.69, 9.17) is 4.42 Å². The maximum atomic E-state index is 12.5. The summed E-state index contributed by atoms with van der Waals surface area (Å²) >= 11 is 0. The zero-order valence-corrected chi connectivity index (χ0v) is 14.3. The van der Waals surface area contributed by atoms with Crippen LogP contribution in [-0.4, -0.2) is 42.0 Å². The van der Waals surface area contributed by atoms with E-state index in [0.29, 0.717) is 17.4 Å². The number of carbonyl (C=O) groups excluding carboxylic acids is 1. The summed E-state index contributed by atoms with van der Waals surface area (Å²) in [5.74, 6) is 0.343. The molecule has 3 heterocycles. The monoisotopic (exact) mass is 345 g/mol. The molecule has 2 aromatic rings. The van der Waals surface area contributed by atoms with Gasteiger partial charge < -0.3 is 14.6 Å². The van der Waals surface area contributed by atoms with Crippen molar-refractivity contribution in [2.75, 3.05) is 20.1 Å². The number of nitrogens with zero attached hydrogens (tertiary/aromatic N) is 2. The van der Waals surface area contributed by atoms with Gasteiger partial charge >= 0.3 is 0 Å². The maximum absolute atomic E-state index is 12.5. The first-order valence-corrected chi connectivity index (χ1v) is 7.01. The van der Waals surface area contributed by atoms with Gasteiger partial charge in [-0.3, -0.25) is 4.79 Å². The lowest BCUT2D eigenvalue weighted by Crippen LogP contribution is -2.46. The first-order valence-electron chi connectivity index (χ1n) is 7.01. The van der Waals surface area contributed by atoms with Crippen LogP contribution in [0.4, 0.5) is 0 Å². The Balaban J connectivity index is 0.00000121. The van der Waals surface area contributed by atoms with Crippen LogP contribution >= 0.6 is 24.8 Å². The van der Waals surface area contributed by atoms with Gasteiger partial charge in [-0.25, -0.2) is 4.98 Å². The molecule has 5 nitrogen and oxygen atoms in total. The number of hydrogen-bond donors (Lipinski definition) is 1. The van der Waals surface area contributed by atoms with Crippen molar-refractivity contribution in [3.8, 4) is 0 Å². The number of furan rings is 1. The van der Waals surface area contributed by atoms with E-state index in [9.17, 15) is 4.79 Å². The number of aromatic nitrogens is 1. The molecule has 0 aliphatic carbocycles. The Hall–Kier alpha value is -1.30. The predicted molar refractivity (Wildman–Crippen MR) is 91.2 cm³/mol. The topological polar surface area (TPSA) is 58.4 Å². The predicted octanol–water partition coefficient (Wildman–Crippen LogP) is 2.80. The highest BCUT2D eigenvalue weighted by Crippen LogP contribution is 2.21. The van der Waals surface area contributed by atoms with Gasteiger partial charge in [-0.05, 0) is 38.9 Å². The van der Waals surface area contributed by atoms with Crippen molar-refractivity contribution in [2.24, 2.45) is 0 Å². The smallest absolute Gasteiger partial charge is 0.289 e. The van der Waals surface area contributed by atoms with Gasteiger partial charge in [-0.15, -0.1) is 24.8 Å². The number of halogens is 2. The van der Waals surface area contributed by atoms with Crippen LogP contribution in [0, 0.1) is 6.92 Å². The lowest BCUT2D eigenvalue weighted by molar-refractivity contribution is 0.0668. The largest absolute Gasteiger partial charge is 0.449 e. The number of nitrogens with one attached hydrogen (secondary N) is 1. The molecule has 1 atom stereocenters. The first kappa shape index (κ1) is 18.7. The molecule has 7 heteroatoms. The summed E-state index contributed by atoms with van der Waals surface area (Å²) in [7, 11) is 1.94. The van der Waals surface area contributed by atoms with Crippen molar-refractivity contribution in [1.29, 1.82) is 0 Å². The molecule has 3 rings (SSSR count). The van der Waals surface area contributed by atoms with Crippen molar-refractivity contribution in [3.05, 3.63) is 29.7 Å². The molecule has 122 valence electrons. The number of fused-ring (bicyclic) bond motifs is 1. The summed E-state index contributed by atoms with van der Waals surface area (Å²) in [5, 5.41) is 3.24. The number of rotatable bonds is 2. The van der Waals surface area contributed by atoms with Gasteiger partial charge in [0.2, 0.25) is 0 Å². The van der Waals surface area contributed by atoms with Gasteiger partial charge in [-0.1, -0.05) is 0 Å². The Labute approximate surface area is 142 Å². The molecule has 1 N–H and O–H groups in total. The van der Waals surface area contributed by atoms with Gasteiger partial charge in [0, 0.05) is 30.9 Å². The van der Waals surface area contributed by atoms with Gasteiger partial charge in [0.1, 0.15) is 5.52 Å². The Morgan fingerprint density at radius 3 is 2.91 bits per heavy atom. The fourth-order valence-corrected chi connectivity index (χ4v) is 2.68. The third kappa shape index (κ3) is 3.72. The van der Waals surface area contributed by atoms with E-state index in [1.807, 2.05) is 31.0 Å². The van der Waals surface area contributed by atoms with Crippen LogP contribution in [0.25, 0.3) is 11.1 Å². The van der Waals surface area contributed by atoms with E-state index in [1.165, 1.54) is 0 Å². The number of amides is 1. The molecule has 22 heavy (non-hydrogen) atoms. The highest BCUT2D eigenvalue weighted by atomic mass is 35.5. The molecule has 1 unspecified atom stereocenters. The minimum Gasteiger partial charge on any atom is -0.449 e. The lowest BCUT2D eigenvalue weighted by atomic mass is 10.1. The number of likely N-dealkylation sites (N-methyl/N-ethyl adjacent to an activating group) is 1. The van der Waals surface area contributed by atoms with E-state index in [-0.39, 0.29) is 30.7 Å². The molecule has 0 aromatic carbocycles. The number of pyridine rings is 1. The van der Waals surface area contributed by atoms with Crippen molar-refractivity contribution in [2.45, 2.75) is 25.8 Å². The van der Waals surface area contributed by atoms with Crippen molar-refractivity contribution in [1.82, 2.24) is 15.2 Å². The van der Waals surface area contributed by atoms with Gasteiger partial charge in [0.05, 0.1) is 0 Å². The second-order valence-corrected chi connectivity index (χ2v) is 5.33. The minimum absolute atomic E-state index is 0. The third-order valence-corrected chi connectivity index (χ3v) is 3.84. The zero-order valence-electron chi connectivity index (χ0n) is 12.7. The molecule has 2 aromatic heterocycles. The average molecular weight is 346 g/mol. The van der Waals surface area contributed by atoms with Crippen molar-refractivity contribution >= 4 is 41.8 Å². The molecular weight excluding hydrogens is 325 g/mol. The molecule has 1 aliphatic rings. The number of likely N-dealkylation sites (tertiary alicyclic amines) is 1. The number of hydrogen-bond acceptors (Lipinski definition) is 4. The number of piperidine rings is 1. The SMILES string of the molecule is CNC1CCCN(C(=O)c2cc3nc(C)ccc3o2)C1.Cl.Cl. The van der Waals surface area contributed by atoms with E-state index in [0.717, 1.165) is 37.1 Å². The van der Waals surface area contributed by atoms with E-state index in [1.54, 1.807) is 6.07 Å². The average Bonchev–Trinajstić information content (AvgIpc) is 2.89. The molecule has 0 bridgehead atoms. The Morgan fingerprint density at radius 2 is 2.18 bits per heavy atom. The van der Waals surface area contributed by atoms with Gasteiger partial charge in [-0.2, -0.15) is 0 Å². The van der Waals surface area contributed by atoms with E-state index < -0.39 is 0 Å². The minimum atomic E-state index is -0.0411. The zero-order chi connectivity index (χ0) is 14.1. The summed E-state index contributed by atoms with van der Waals surface area (Å²) in [6.07, 6.45) is 2.13. The molecule has 0 spiro atoms. The quantitative estimate of drug-likeness (QED) is 0.909. The fourth-order valence-electron chi connectivity index (χ4n) is 2.68.